The molecule has 5 nitrogen and oxygen atoms in total. The van der Waals surface area contributed by atoms with Gasteiger partial charge < -0.3 is 14.7 Å². The minimum atomic E-state index is -1.04. The molecule has 0 aromatic heterocycles. The molecule has 1 heterocycles. The van der Waals surface area contributed by atoms with Gasteiger partial charge in [0, 0.05) is 18.2 Å². The van der Waals surface area contributed by atoms with E-state index in [1.54, 1.807) is 24.3 Å². The molecule has 20 heavy (non-hydrogen) atoms. The maximum absolute atomic E-state index is 12.5. The van der Waals surface area contributed by atoms with E-state index in [0.29, 0.717) is 11.3 Å². The quantitative estimate of drug-likeness (QED) is 0.916. The summed E-state index contributed by atoms with van der Waals surface area (Å²) >= 11 is 0. The van der Waals surface area contributed by atoms with Gasteiger partial charge in [-0.15, -0.1) is 0 Å². The van der Waals surface area contributed by atoms with E-state index in [4.69, 9.17) is 9.84 Å². The van der Waals surface area contributed by atoms with Crippen LogP contribution in [0, 0.1) is 0 Å². The fraction of sp³-hybridized carbons (Fsp3) is 0.467. The van der Waals surface area contributed by atoms with Crippen molar-refractivity contribution in [3.8, 4) is 5.75 Å². The Hall–Kier alpha value is -2.04. The highest BCUT2D eigenvalue weighted by Crippen LogP contribution is 2.21. The molecule has 1 saturated heterocycles. The summed E-state index contributed by atoms with van der Waals surface area (Å²) in [6.07, 6.45) is 3.22. The first-order chi connectivity index (χ1) is 9.58. The Bertz CT molecular complexity index is 500. The van der Waals surface area contributed by atoms with Crippen LogP contribution in [0.2, 0.25) is 0 Å². The third-order valence-corrected chi connectivity index (χ3v) is 3.51. The molecule has 0 radical (unpaired) electrons. The van der Waals surface area contributed by atoms with Gasteiger partial charge in [0.1, 0.15) is 5.75 Å². The number of rotatable bonds is 4. The Morgan fingerprint density at radius 2 is 2.20 bits per heavy atom. The molecule has 1 N–H and O–H groups in total. The first kappa shape index (κ1) is 14.4. The van der Waals surface area contributed by atoms with Crippen LogP contribution in [-0.4, -0.2) is 41.1 Å². The predicted molar refractivity (Wildman–Crippen MR) is 73.9 cm³/mol. The molecule has 0 spiro atoms. The highest BCUT2D eigenvalue weighted by atomic mass is 16.5. The highest BCUT2D eigenvalue weighted by Gasteiger charge is 2.24. The zero-order chi connectivity index (χ0) is 14.5. The third-order valence-electron chi connectivity index (χ3n) is 3.51. The second-order valence-corrected chi connectivity index (χ2v) is 5.05. The van der Waals surface area contributed by atoms with Gasteiger partial charge in [-0.3, -0.25) is 4.79 Å². The Morgan fingerprint density at radius 1 is 1.40 bits per heavy atom. The second-order valence-electron chi connectivity index (χ2n) is 5.05. The van der Waals surface area contributed by atoms with Crippen LogP contribution in [0.25, 0.3) is 0 Å². The van der Waals surface area contributed by atoms with Crippen LogP contribution in [0.15, 0.2) is 24.3 Å². The number of piperidine rings is 1. The van der Waals surface area contributed by atoms with E-state index >= 15 is 0 Å². The van der Waals surface area contributed by atoms with E-state index in [2.05, 4.69) is 6.92 Å². The molecule has 2 rings (SSSR count). The summed E-state index contributed by atoms with van der Waals surface area (Å²) in [5, 5.41) is 8.59. The number of ether oxygens (including phenoxy) is 1. The summed E-state index contributed by atoms with van der Waals surface area (Å²) in [6.45, 7) is 2.43. The average Bonchev–Trinajstić information content (AvgIpc) is 2.45. The minimum absolute atomic E-state index is 0.0158. The number of hydrogen-bond acceptors (Lipinski definition) is 3. The number of nitrogens with zero attached hydrogens (tertiary/aromatic N) is 1. The van der Waals surface area contributed by atoms with Crippen molar-refractivity contribution in [2.45, 2.75) is 32.2 Å². The molecule has 1 fully saturated rings. The topological polar surface area (TPSA) is 66.8 Å². The summed E-state index contributed by atoms with van der Waals surface area (Å²) in [7, 11) is 0. The third kappa shape index (κ3) is 3.50. The summed E-state index contributed by atoms with van der Waals surface area (Å²) in [5.74, 6) is -0.646. The van der Waals surface area contributed by atoms with Gasteiger partial charge in [0.15, 0.2) is 6.61 Å². The molecular weight excluding hydrogens is 258 g/mol. The lowest BCUT2D eigenvalue weighted by Gasteiger charge is -2.33. The molecule has 1 aliphatic rings. The van der Waals surface area contributed by atoms with Gasteiger partial charge in [-0.1, -0.05) is 6.07 Å². The van der Waals surface area contributed by atoms with E-state index in [1.165, 1.54) is 0 Å². The Kier molecular flexibility index (Phi) is 4.61. The summed E-state index contributed by atoms with van der Waals surface area (Å²) in [5.41, 5.74) is 0.543. The van der Waals surface area contributed by atoms with Crippen LogP contribution in [0.3, 0.4) is 0 Å². The van der Waals surface area contributed by atoms with Crippen LogP contribution in [0.4, 0.5) is 0 Å². The molecule has 1 aromatic carbocycles. The lowest BCUT2D eigenvalue weighted by molar-refractivity contribution is -0.139. The van der Waals surface area contributed by atoms with Crippen molar-refractivity contribution in [3.05, 3.63) is 29.8 Å². The van der Waals surface area contributed by atoms with Crippen molar-refractivity contribution in [3.63, 3.8) is 0 Å². The number of hydrogen-bond donors (Lipinski definition) is 1. The number of benzene rings is 1. The maximum atomic E-state index is 12.5. The van der Waals surface area contributed by atoms with Crippen LogP contribution in [0.5, 0.6) is 5.75 Å². The van der Waals surface area contributed by atoms with Gasteiger partial charge in [-0.2, -0.15) is 0 Å². The number of carbonyl (C=O) groups excluding carboxylic acids is 1. The molecule has 1 unspecified atom stereocenters. The van der Waals surface area contributed by atoms with Crippen molar-refractivity contribution >= 4 is 11.9 Å². The zero-order valence-corrected chi connectivity index (χ0v) is 11.5. The van der Waals surface area contributed by atoms with Gasteiger partial charge in [-0.25, -0.2) is 4.79 Å². The number of carbonyl (C=O) groups is 2. The van der Waals surface area contributed by atoms with Crippen molar-refractivity contribution < 1.29 is 19.4 Å². The molecule has 1 aromatic rings. The SMILES string of the molecule is CC1CCCCN1C(=O)c1cccc(OCC(=O)O)c1. The van der Waals surface area contributed by atoms with Crippen LogP contribution < -0.4 is 4.74 Å². The monoisotopic (exact) mass is 277 g/mol. The Labute approximate surface area is 118 Å². The van der Waals surface area contributed by atoms with Crippen molar-refractivity contribution in [1.82, 2.24) is 4.90 Å². The summed E-state index contributed by atoms with van der Waals surface area (Å²) in [6, 6.07) is 6.95. The van der Waals surface area contributed by atoms with Crippen molar-refractivity contribution in [2.24, 2.45) is 0 Å². The Morgan fingerprint density at radius 3 is 2.90 bits per heavy atom. The van der Waals surface area contributed by atoms with Gasteiger partial charge in [0.05, 0.1) is 0 Å². The van der Waals surface area contributed by atoms with E-state index in [-0.39, 0.29) is 11.9 Å². The lowest BCUT2D eigenvalue weighted by Crippen LogP contribution is -2.42. The molecule has 5 heteroatoms. The minimum Gasteiger partial charge on any atom is -0.482 e. The van der Waals surface area contributed by atoms with Gasteiger partial charge in [0.2, 0.25) is 0 Å². The molecule has 1 atom stereocenters. The first-order valence-corrected chi connectivity index (χ1v) is 6.83. The standard InChI is InChI=1S/C15H19NO4/c1-11-5-2-3-8-16(11)15(19)12-6-4-7-13(9-12)20-10-14(17)18/h4,6-7,9,11H,2-3,5,8,10H2,1H3,(H,17,18). The summed E-state index contributed by atoms with van der Waals surface area (Å²) < 4.78 is 5.10. The molecule has 1 aliphatic heterocycles. The van der Waals surface area contributed by atoms with E-state index in [9.17, 15) is 9.59 Å². The second kappa shape index (κ2) is 6.41. The predicted octanol–water partition coefficient (Wildman–Crippen LogP) is 2.16. The van der Waals surface area contributed by atoms with Crippen molar-refractivity contribution in [1.29, 1.82) is 0 Å². The molecule has 108 valence electrons. The molecule has 0 saturated carbocycles. The van der Waals surface area contributed by atoms with Crippen LogP contribution in [-0.2, 0) is 4.79 Å². The number of aliphatic carboxylic acids is 1. The van der Waals surface area contributed by atoms with Gasteiger partial charge >= 0.3 is 5.97 Å². The maximum Gasteiger partial charge on any atom is 0.341 e. The zero-order valence-electron chi connectivity index (χ0n) is 11.5. The first-order valence-electron chi connectivity index (χ1n) is 6.83. The van der Waals surface area contributed by atoms with E-state index in [0.717, 1.165) is 25.8 Å². The molecule has 0 bridgehead atoms. The van der Waals surface area contributed by atoms with Crippen molar-refractivity contribution in [2.75, 3.05) is 13.2 Å². The largest absolute Gasteiger partial charge is 0.482 e. The number of carboxylic acid groups (broad SMARTS) is 1. The van der Waals surface area contributed by atoms with E-state index < -0.39 is 12.6 Å². The fourth-order valence-electron chi connectivity index (χ4n) is 2.43. The van der Waals surface area contributed by atoms with Gasteiger partial charge in [0.25, 0.3) is 5.91 Å². The van der Waals surface area contributed by atoms with Gasteiger partial charge in [-0.05, 0) is 44.4 Å². The number of carboxylic acids is 1. The molecule has 1 amide bonds. The lowest BCUT2D eigenvalue weighted by atomic mass is 10.0. The normalized spacial score (nSPS) is 18.6. The summed E-state index contributed by atoms with van der Waals surface area (Å²) in [4.78, 5) is 24.8. The average molecular weight is 277 g/mol. The highest BCUT2D eigenvalue weighted by molar-refractivity contribution is 5.94. The molecule has 0 aliphatic carbocycles. The number of likely N-dealkylation sites (tertiary alicyclic amines) is 1. The smallest absolute Gasteiger partial charge is 0.341 e. The molecular formula is C15H19NO4. The number of amides is 1. The Balaban J connectivity index is 2.09. The van der Waals surface area contributed by atoms with Crippen LogP contribution >= 0.6 is 0 Å². The van der Waals surface area contributed by atoms with E-state index in [1.807, 2.05) is 4.90 Å². The van der Waals surface area contributed by atoms with Crippen LogP contribution in [0.1, 0.15) is 36.5 Å². The fourth-order valence-corrected chi connectivity index (χ4v) is 2.43.